The Bertz CT molecular complexity index is 1550. The molecule has 6 rings (SSSR count). The molecular formula is C30H33FN6O. The van der Waals surface area contributed by atoms with Crippen LogP contribution in [0, 0.1) is 19.7 Å². The number of aromatic amines is 1. The van der Waals surface area contributed by atoms with Crippen LogP contribution in [0.15, 0.2) is 53.3 Å². The molecule has 2 aliphatic rings. The minimum Gasteiger partial charge on any atom is -0.321 e. The zero-order valence-electron chi connectivity index (χ0n) is 22.0. The van der Waals surface area contributed by atoms with E-state index in [1.54, 1.807) is 0 Å². The van der Waals surface area contributed by atoms with Crippen LogP contribution < -0.4 is 5.56 Å². The Morgan fingerprint density at radius 3 is 2.58 bits per heavy atom. The first-order chi connectivity index (χ1) is 18.5. The van der Waals surface area contributed by atoms with Crippen molar-refractivity contribution in [3.05, 3.63) is 92.8 Å². The van der Waals surface area contributed by atoms with Crippen LogP contribution in [0.3, 0.4) is 0 Å². The van der Waals surface area contributed by atoms with Gasteiger partial charge in [0.1, 0.15) is 11.9 Å². The Hall–Kier alpha value is -3.65. The molecule has 7 nitrogen and oxygen atoms in total. The molecule has 0 amide bonds. The summed E-state index contributed by atoms with van der Waals surface area (Å²) in [4.78, 5) is 19.1. The normalized spacial score (nSPS) is 18.0. The number of H-pyrrole nitrogens is 1. The first-order valence-corrected chi connectivity index (χ1v) is 13.6. The average molecular weight is 513 g/mol. The highest BCUT2D eigenvalue weighted by Gasteiger charge is 2.33. The van der Waals surface area contributed by atoms with E-state index in [4.69, 9.17) is 0 Å². The lowest BCUT2D eigenvalue weighted by atomic mass is 9.94. The minimum atomic E-state index is -0.382. The predicted octanol–water partition coefficient (Wildman–Crippen LogP) is 5.65. The average Bonchev–Trinajstić information content (AvgIpc) is 3.40. The van der Waals surface area contributed by atoms with Gasteiger partial charge >= 0.3 is 0 Å². The maximum atomic E-state index is 13.6. The number of fused-ring (bicyclic) bond motifs is 1. The Labute approximate surface area is 221 Å². The molecule has 0 spiro atoms. The van der Waals surface area contributed by atoms with Crippen molar-refractivity contribution in [3.8, 4) is 0 Å². The van der Waals surface area contributed by atoms with Gasteiger partial charge in [-0.05, 0) is 89.9 Å². The summed E-state index contributed by atoms with van der Waals surface area (Å²) < 4.78 is 15.5. The molecular weight excluding hydrogens is 479 g/mol. The van der Waals surface area contributed by atoms with Gasteiger partial charge in [0, 0.05) is 18.7 Å². The molecule has 0 bridgehead atoms. The number of aromatic nitrogens is 5. The molecule has 1 fully saturated rings. The number of nitrogens with zero attached hydrogens (tertiary/aromatic N) is 5. The second kappa shape index (κ2) is 10.3. The Morgan fingerprint density at radius 2 is 1.84 bits per heavy atom. The number of benzene rings is 2. The first-order valence-electron chi connectivity index (χ1n) is 13.6. The van der Waals surface area contributed by atoms with E-state index in [1.807, 2.05) is 29.8 Å². The molecule has 2 aromatic heterocycles. The van der Waals surface area contributed by atoms with Crippen molar-refractivity contribution in [2.24, 2.45) is 0 Å². The van der Waals surface area contributed by atoms with E-state index in [2.05, 4.69) is 50.5 Å². The van der Waals surface area contributed by atoms with E-state index < -0.39 is 0 Å². The van der Waals surface area contributed by atoms with Crippen molar-refractivity contribution in [1.82, 2.24) is 30.1 Å². The number of aryl methyl sites for hydroxylation is 2. The van der Waals surface area contributed by atoms with Gasteiger partial charge in [0.05, 0.1) is 11.6 Å². The monoisotopic (exact) mass is 512 g/mol. The molecule has 1 atom stereocenters. The molecule has 2 aromatic carbocycles. The molecule has 1 N–H and O–H groups in total. The largest absolute Gasteiger partial charge is 0.321 e. The van der Waals surface area contributed by atoms with Gasteiger partial charge in [0.25, 0.3) is 5.56 Å². The number of pyridine rings is 1. The molecule has 1 unspecified atom stereocenters. The summed E-state index contributed by atoms with van der Waals surface area (Å²) in [5.41, 5.74) is 5.84. The highest BCUT2D eigenvalue weighted by atomic mass is 19.1. The number of nitrogens with one attached hydrogen (secondary N) is 1. The summed E-state index contributed by atoms with van der Waals surface area (Å²) in [6, 6.07) is 12.8. The van der Waals surface area contributed by atoms with E-state index in [-0.39, 0.29) is 23.5 Å². The predicted molar refractivity (Wildman–Crippen MR) is 146 cm³/mol. The zero-order valence-corrected chi connectivity index (χ0v) is 22.0. The van der Waals surface area contributed by atoms with Crippen LogP contribution in [-0.4, -0.2) is 43.2 Å². The van der Waals surface area contributed by atoms with Crippen molar-refractivity contribution in [1.29, 1.82) is 0 Å². The van der Waals surface area contributed by atoms with Crippen LogP contribution in [0.1, 0.15) is 78.7 Å². The van der Waals surface area contributed by atoms with Crippen LogP contribution in [0.5, 0.6) is 0 Å². The second-order valence-electron chi connectivity index (χ2n) is 10.8. The van der Waals surface area contributed by atoms with Crippen LogP contribution >= 0.6 is 0 Å². The summed E-state index contributed by atoms with van der Waals surface area (Å²) in [6.07, 6.45) is 8.63. The fourth-order valence-corrected chi connectivity index (χ4v) is 6.22. The van der Waals surface area contributed by atoms with E-state index in [0.717, 1.165) is 72.1 Å². The Morgan fingerprint density at radius 1 is 1.05 bits per heavy atom. The van der Waals surface area contributed by atoms with E-state index >= 15 is 0 Å². The summed E-state index contributed by atoms with van der Waals surface area (Å²) in [5.74, 6) is 0.493. The second-order valence-corrected chi connectivity index (χ2v) is 10.8. The summed E-state index contributed by atoms with van der Waals surface area (Å²) in [6.45, 7) is 5.47. The van der Waals surface area contributed by atoms with Gasteiger partial charge in [-0.1, -0.05) is 49.1 Å². The van der Waals surface area contributed by atoms with Crippen molar-refractivity contribution in [3.63, 3.8) is 0 Å². The van der Waals surface area contributed by atoms with Crippen LogP contribution in [0.4, 0.5) is 4.39 Å². The van der Waals surface area contributed by atoms with Gasteiger partial charge in [0.2, 0.25) is 0 Å². The molecule has 8 heteroatoms. The van der Waals surface area contributed by atoms with Gasteiger partial charge in [-0.25, -0.2) is 9.07 Å². The number of tetrazole rings is 1. The van der Waals surface area contributed by atoms with Crippen molar-refractivity contribution < 1.29 is 4.39 Å². The number of rotatable bonds is 5. The fourth-order valence-electron chi connectivity index (χ4n) is 6.22. The quantitative estimate of drug-likeness (QED) is 0.374. The lowest BCUT2D eigenvalue weighted by Crippen LogP contribution is -2.38. The van der Waals surface area contributed by atoms with Crippen LogP contribution in [0.25, 0.3) is 16.5 Å². The van der Waals surface area contributed by atoms with E-state index in [1.165, 1.54) is 24.1 Å². The van der Waals surface area contributed by atoms with Gasteiger partial charge in [0.15, 0.2) is 5.82 Å². The number of hydrogen-bond donors (Lipinski definition) is 1. The third-order valence-electron chi connectivity index (χ3n) is 8.12. The topological polar surface area (TPSA) is 79.7 Å². The van der Waals surface area contributed by atoms with E-state index in [0.29, 0.717) is 12.1 Å². The lowest BCUT2D eigenvalue weighted by molar-refractivity contribution is 0.221. The Kier molecular flexibility index (Phi) is 6.66. The minimum absolute atomic E-state index is 0.110. The third-order valence-corrected chi connectivity index (χ3v) is 8.12. The molecule has 3 heterocycles. The molecule has 38 heavy (non-hydrogen) atoms. The molecule has 1 aliphatic carbocycles. The van der Waals surface area contributed by atoms with E-state index in [9.17, 15) is 9.18 Å². The van der Waals surface area contributed by atoms with Crippen molar-refractivity contribution in [2.75, 3.05) is 13.1 Å². The smallest absolute Gasteiger partial charge is 0.253 e. The molecule has 1 saturated carbocycles. The maximum Gasteiger partial charge on any atom is 0.253 e. The molecule has 4 aromatic rings. The standard InChI is InChI=1S/C30H33FN6O/c1-19-16-20(2)27-23(17-19)18-26(30(38)32-27)28(29-33-34-35-37(29)25-6-4-3-5-7-25)36-14-12-22(13-15-36)21-8-10-24(31)11-9-21/h8-12,16-18,25,28H,3-7,13-15H2,1-2H3,(H,32,38). The lowest BCUT2D eigenvalue weighted by Gasteiger charge is -2.34. The van der Waals surface area contributed by atoms with Gasteiger partial charge in [-0.2, -0.15) is 0 Å². The first kappa shape index (κ1) is 24.7. The zero-order chi connectivity index (χ0) is 26.2. The molecule has 196 valence electrons. The number of halogens is 1. The molecule has 1 aliphatic heterocycles. The molecule has 0 saturated heterocycles. The third kappa shape index (κ3) is 4.69. The summed E-state index contributed by atoms with van der Waals surface area (Å²) in [7, 11) is 0. The fraction of sp³-hybridized carbons (Fsp3) is 0.400. The summed E-state index contributed by atoms with van der Waals surface area (Å²) >= 11 is 0. The number of hydrogen-bond acceptors (Lipinski definition) is 5. The van der Waals surface area contributed by atoms with Gasteiger partial charge in [-0.3, -0.25) is 9.69 Å². The SMILES string of the molecule is Cc1cc(C)c2[nH]c(=O)c(C(c3nnnn3C3CCCCC3)N3CC=C(c4ccc(F)cc4)CC3)cc2c1. The molecule has 0 radical (unpaired) electrons. The Balaban J connectivity index is 1.44. The van der Waals surface area contributed by atoms with Gasteiger partial charge in [-0.15, -0.1) is 5.10 Å². The summed E-state index contributed by atoms with van der Waals surface area (Å²) in [5, 5.41) is 14.1. The van der Waals surface area contributed by atoms with Crippen molar-refractivity contribution >= 4 is 16.5 Å². The van der Waals surface area contributed by atoms with Crippen LogP contribution in [0.2, 0.25) is 0 Å². The van der Waals surface area contributed by atoms with Gasteiger partial charge < -0.3 is 4.98 Å². The highest BCUT2D eigenvalue weighted by molar-refractivity contribution is 5.83. The maximum absolute atomic E-state index is 13.6. The highest BCUT2D eigenvalue weighted by Crippen LogP contribution is 2.35. The van der Waals surface area contributed by atoms with Crippen molar-refractivity contribution in [2.45, 2.75) is 64.5 Å². The van der Waals surface area contributed by atoms with Crippen LogP contribution in [-0.2, 0) is 0 Å².